The van der Waals surface area contributed by atoms with E-state index in [4.69, 9.17) is 10.00 Å². The minimum atomic E-state index is -4.51. The molecular weight excluding hydrogens is 259 g/mol. The molecule has 0 saturated carbocycles. The molecule has 4 nitrogen and oxygen atoms in total. The molecule has 0 N–H and O–H groups in total. The highest BCUT2D eigenvalue weighted by molar-refractivity contribution is 5.55. The van der Waals surface area contributed by atoms with Crippen molar-refractivity contribution in [2.75, 3.05) is 25.1 Å². The first kappa shape index (κ1) is 13.6. The third-order valence-corrected chi connectivity index (χ3v) is 3.06. The average Bonchev–Trinajstić information content (AvgIpc) is 2.85. The molecule has 1 atom stereocenters. The van der Waals surface area contributed by atoms with Gasteiger partial charge in [0.1, 0.15) is 17.6 Å². The summed E-state index contributed by atoms with van der Waals surface area (Å²) in [4.78, 5) is 5.24. The number of ether oxygens (including phenoxy) is 1. The van der Waals surface area contributed by atoms with Gasteiger partial charge in [0.15, 0.2) is 0 Å². The van der Waals surface area contributed by atoms with Crippen LogP contribution in [0.4, 0.5) is 19.0 Å². The molecule has 0 aromatic carbocycles. The molecule has 102 valence electrons. The monoisotopic (exact) mass is 271 g/mol. The van der Waals surface area contributed by atoms with Gasteiger partial charge in [0.05, 0.1) is 11.7 Å². The zero-order valence-corrected chi connectivity index (χ0v) is 10.2. The van der Waals surface area contributed by atoms with Gasteiger partial charge in [0, 0.05) is 20.2 Å². The highest BCUT2D eigenvalue weighted by Gasteiger charge is 2.34. The summed E-state index contributed by atoms with van der Waals surface area (Å²) in [6.45, 7) is 0.973. The molecule has 0 radical (unpaired) electrons. The standard InChI is InChI=1S/C12H12F3N3O/c1-19-9-4-5-18(7-9)11-8(6-16)2-3-10(17-11)12(13,14)15/h2-3,9H,4-5,7H2,1H3. The van der Waals surface area contributed by atoms with Crippen molar-refractivity contribution < 1.29 is 17.9 Å². The van der Waals surface area contributed by atoms with Gasteiger partial charge in [-0.15, -0.1) is 0 Å². The third-order valence-electron chi connectivity index (χ3n) is 3.06. The Bertz CT molecular complexity index is 510. The highest BCUT2D eigenvalue weighted by Crippen LogP contribution is 2.31. The van der Waals surface area contributed by atoms with E-state index in [2.05, 4.69) is 4.98 Å². The van der Waals surface area contributed by atoms with Crippen molar-refractivity contribution in [3.63, 3.8) is 0 Å². The molecule has 7 heteroatoms. The SMILES string of the molecule is COC1CCN(c2nc(C(F)(F)F)ccc2C#N)C1. The van der Waals surface area contributed by atoms with Gasteiger partial charge in [0.25, 0.3) is 0 Å². The van der Waals surface area contributed by atoms with Crippen LogP contribution in [0, 0.1) is 11.3 Å². The van der Waals surface area contributed by atoms with Crippen LogP contribution in [-0.4, -0.2) is 31.3 Å². The second-order valence-corrected chi connectivity index (χ2v) is 4.27. The van der Waals surface area contributed by atoms with Crippen LogP contribution in [0.3, 0.4) is 0 Å². The summed E-state index contributed by atoms with van der Waals surface area (Å²) in [5.41, 5.74) is -0.841. The molecular formula is C12H12F3N3O. The Labute approximate surface area is 108 Å². The Hall–Kier alpha value is -1.81. The third kappa shape index (κ3) is 2.79. The highest BCUT2D eigenvalue weighted by atomic mass is 19.4. The van der Waals surface area contributed by atoms with Gasteiger partial charge < -0.3 is 9.64 Å². The number of hydrogen-bond donors (Lipinski definition) is 0. The maximum atomic E-state index is 12.6. The molecule has 0 amide bonds. The predicted molar refractivity (Wildman–Crippen MR) is 61.6 cm³/mol. The summed E-state index contributed by atoms with van der Waals surface area (Å²) < 4.78 is 43.1. The molecule has 1 aromatic heterocycles. The second-order valence-electron chi connectivity index (χ2n) is 4.27. The van der Waals surface area contributed by atoms with E-state index in [1.54, 1.807) is 12.0 Å². The van der Waals surface area contributed by atoms with Crippen molar-refractivity contribution in [2.45, 2.75) is 18.7 Å². The molecule has 0 bridgehead atoms. The number of pyridine rings is 1. The lowest BCUT2D eigenvalue weighted by Crippen LogP contribution is -2.25. The van der Waals surface area contributed by atoms with Crippen LogP contribution in [-0.2, 0) is 10.9 Å². The number of anilines is 1. The number of rotatable bonds is 2. The van der Waals surface area contributed by atoms with Crippen molar-refractivity contribution in [3.05, 3.63) is 23.4 Å². The smallest absolute Gasteiger partial charge is 0.380 e. The second kappa shape index (κ2) is 5.05. The Morgan fingerprint density at radius 3 is 2.74 bits per heavy atom. The zero-order valence-electron chi connectivity index (χ0n) is 10.2. The summed E-state index contributed by atoms with van der Waals surface area (Å²) in [6, 6.07) is 3.85. The maximum Gasteiger partial charge on any atom is 0.433 e. The fourth-order valence-corrected chi connectivity index (χ4v) is 2.05. The molecule has 1 aliphatic rings. The lowest BCUT2D eigenvalue weighted by atomic mass is 10.2. The zero-order chi connectivity index (χ0) is 14.0. The summed E-state index contributed by atoms with van der Waals surface area (Å²) in [5.74, 6) is 0.0804. The molecule has 19 heavy (non-hydrogen) atoms. The van der Waals surface area contributed by atoms with Gasteiger partial charge in [-0.2, -0.15) is 18.4 Å². The molecule has 1 saturated heterocycles. The molecule has 1 unspecified atom stereocenters. The van der Waals surface area contributed by atoms with Gasteiger partial charge in [-0.25, -0.2) is 4.98 Å². The van der Waals surface area contributed by atoms with Crippen molar-refractivity contribution in [1.29, 1.82) is 5.26 Å². The quantitative estimate of drug-likeness (QED) is 0.827. The number of hydrogen-bond acceptors (Lipinski definition) is 4. The maximum absolute atomic E-state index is 12.6. The molecule has 0 aliphatic carbocycles. The topological polar surface area (TPSA) is 49.1 Å². The van der Waals surface area contributed by atoms with Crippen LogP contribution in [0.2, 0.25) is 0 Å². The van der Waals surface area contributed by atoms with Gasteiger partial charge >= 0.3 is 6.18 Å². The van der Waals surface area contributed by atoms with Crippen LogP contribution in [0.25, 0.3) is 0 Å². The average molecular weight is 271 g/mol. The van der Waals surface area contributed by atoms with E-state index in [0.717, 1.165) is 12.1 Å². The van der Waals surface area contributed by atoms with Gasteiger partial charge in [-0.3, -0.25) is 0 Å². The Morgan fingerprint density at radius 2 is 2.21 bits per heavy atom. The summed E-state index contributed by atoms with van der Waals surface area (Å²) in [6.07, 6.45) is -3.84. The van der Waals surface area contributed by atoms with Crippen molar-refractivity contribution >= 4 is 5.82 Å². The Kier molecular flexibility index (Phi) is 3.62. The predicted octanol–water partition coefficient (Wildman–Crippen LogP) is 2.20. The summed E-state index contributed by atoms with van der Waals surface area (Å²) in [5, 5.41) is 8.97. The first-order chi connectivity index (χ1) is 8.95. The fraction of sp³-hybridized carbons (Fsp3) is 0.500. The largest absolute Gasteiger partial charge is 0.433 e. The van der Waals surface area contributed by atoms with E-state index < -0.39 is 11.9 Å². The number of nitriles is 1. The number of nitrogens with zero attached hydrogens (tertiary/aromatic N) is 3. The van der Waals surface area contributed by atoms with E-state index in [-0.39, 0.29) is 17.5 Å². The van der Waals surface area contributed by atoms with Gasteiger partial charge in [-0.05, 0) is 18.6 Å². The molecule has 2 rings (SSSR count). The molecule has 2 heterocycles. The molecule has 0 spiro atoms. The minimum absolute atomic E-state index is 0.0390. The van der Waals surface area contributed by atoms with Crippen molar-refractivity contribution in [3.8, 4) is 6.07 Å². The first-order valence-electron chi connectivity index (χ1n) is 5.71. The Morgan fingerprint density at radius 1 is 1.47 bits per heavy atom. The normalized spacial score (nSPS) is 19.5. The first-order valence-corrected chi connectivity index (χ1v) is 5.71. The van der Waals surface area contributed by atoms with E-state index >= 15 is 0 Å². The Balaban J connectivity index is 2.35. The lowest BCUT2D eigenvalue weighted by molar-refractivity contribution is -0.141. The van der Waals surface area contributed by atoms with E-state index in [1.165, 1.54) is 0 Å². The lowest BCUT2D eigenvalue weighted by Gasteiger charge is -2.19. The van der Waals surface area contributed by atoms with E-state index in [0.29, 0.717) is 19.5 Å². The fourth-order valence-electron chi connectivity index (χ4n) is 2.05. The summed E-state index contributed by atoms with van der Waals surface area (Å²) in [7, 11) is 1.55. The van der Waals surface area contributed by atoms with E-state index in [1.807, 2.05) is 6.07 Å². The van der Waals surface area contributed by atoms with Crippen molar-refractivity contribution in [1.82, 2.24) is 4.98 Å². The van der Waals surface area contributed by atoms with Crippen molar-refractivity contribution in [2.24, 2.45) is 0 Å². The molecule has 1 aliphatic heterocycles. The number of aromatic nitrogens is 1. The number of alkyl halides is 3. The minimum Gasteiger partial charge on any atom is -0.380 e. The molecule has 1 aromatic rings. The van der Waals surface area contributed by atoms with Crippen LogP contribution in [0.15, 0.2) is 12.1 Å². The number of methoxy groups -OCH3 is 1. The summed E-state index contributed by atoms with van der Waals surface area (Å²) >= 11 is 0. The van der Waals surface area contributed by atoms with Gasteiger partial charge in [-0.1, -0.05) is 0 Å². The van der Waals surface area contributed by atoms with Crippen LogP contribution < -0.4 is 4.90 Å². The van der Waals surface area contributed by atoms with E-state index in [9.17, 15) is 13.2 Å². The van der Waals surface area contributed by atoms with Gasteiger partial charge in [0.2, 0.25) is 0 Å². The molecule has 1 fully saturated rings. The van der Waals surface area contributed by atoms with Crippen LogP contribution in [0.5, 0.6) is 0 Å². The number of halogens is 3. The van der Waals surface area contributed by atoms with Crippen LogP contribution >= 0.6 is 0 Å². The van der Waals surface area contributed by atoms with Crippen LogP contribution in [0.1, 0.15) is 17.7 Å².